The third-order valence-corrected chi connectivity index (χ3v) is 11.1. The van der Waals surface area contributed by atoms with E-state index < -0.39 is 0 Å². The van der Waals surface area contributed by atoms with Gasteiger partial charge in [-0.1, -0.05) is 84.5 Å². The van der Waals surface area contributed by atoms with Crippen molar-refractivity contribution in [3.8, 4) is 0 Å². The molecule has 0 heterocycles. The van der Waals surface area contributed by atoms with Gasteiger partial charge >= 0.3 is 17.9 Å². The zero-order valence-corrected chi connectivity index (χ0v) is 31.8. The minimum atomic E-state index is -0.153. The maximum atomic E-state index is 12.6. The van der Waals surface area contributed by atoms with Crippen LogP contribution in [0.3, 0.4) is 0 Å². The van der Waals surface area contributed by atoms with E-state index in [1.807, 2.05) is 14.1 Å². The van der Waals surface area contributed by atoms with Gasteiger partial charge < -0.3 is 19.1 Å². The maximum Gasteiger partial charge on any atom is 0.306 e. The summed E-state index contributed by atoms with van der Waals surface area (Å²) in [5, 5.41) is 0. The summed E-state index contributed by atoms with van der Waals surface area (Å²) in [7, 11) is 4.02. The van der Waals surface area contributed by atoms with Gasteiger partial charge in [0.25, 0.3) is 0 Å². The first-order chi connectivity index (χ1) is 23.2. The van der Waals surface area contributed by atoms with Crippen LogP contribution in [0, 0.1) is 17.3 Å². The second-order valence-corrected chi connectivity index (χ2v) is 15.7. The smallest absolute Gasteiger partial charge is 0.306 e. The van der Waals surface area contributed by atoms with E-state index in [1.165, 1.54) is 89.9 Å². The molecule has 0 amide bonds. The molecule has 0 saturated heterocycles. The van der Waals surface area contributed by atoms with Gasteiger partial charge in [0.1, 0.15) is 6.10 Å². The van der Waals surface area contributed by atoms with Crippen molar-refractivity contribution >= 4 is 17.9 Å². The molecular formula is C41H75NO6. The van der Waals surface area contributed by atoms with Gasteiger partial charge in [-0.05, 0) is 116 Å². The number of carbonyl (C=O) groups is 3. The normalized spacial score (nSPS) is 19.5. The molecule has 3 rings (SSSR count). The molecule has 2 bridgehead atoms. The van der Waals surface area contributed by atoms with Crippen molar-refractivity contribution in [1.82, 2.24) is 4.90 Å². The van der Waals surface area contributed by atoms with Crippen molar-refractivity contribution in [1.29, 1.82) is 0 Å². The Labute approximate surface area is 295 Å². The fourth-order valence-electron chi connectivity index (χ4n) is 7.76. The lowest BCUT2D eigenvalue weighted by Crippen LogP contribution is -2.38. The molecule has 1 unspecified atom stereocenters. The molecule has 3 aliphatic rings. The highest BCUT2D eigenvalue weighted by Crippen LogP contribution is 2.50. The molecule has 48 heavy (non-hydrogen) atoms. The lowest BCUT2D eigenvalue weighted by Gasteiger charge is -2.46. The van der Waals surface area contributed by atoms with E-state index in [2.05, 4.69) is 18.7 Å². The fourth-order valence-corrected chi connectivity index (χ4v) is 7.76. The van der Waals surface area contributed by atoms with Gasteiger partial charge in [0.15, 0.2) is 0 Å². The van der Waals surface area contributed by atoms with Crippen LogP contribution in [0.4, 0.5) is 0 Å². The summed E-state index contributed by atoms with van der Waals surface area (Å²) < 4.78 is 17.3. The number of unbranched alkanes of at least 4 members (excludes halogenated alkanes) is 8. The van der Waals surface area contributed by atoms with Crippen LogP contribution in [-0.2, 0) is 28.6 Å². The molecule has 7 heteroatoms. The predicted molar refractivity (Wildman–Crippen MR) is 196 cm³/mol. The van der Waals surface area contributed by atoms with Crippen LogP contribution in [0.15, 0.2) is 0 Å². The zero-order chi connectivity index (χ0) is 34.9. The highest BCUT2D eigenvalue weighted by molar-refractivity contribution is 5.70. The Bertz CT molecular complexity index is 828. The number of nitrogens with zero attached hydrogens (tertiary/aromatic N) is 1. The Morgan fingerprint density at radius 3 is 1.81 bits per heavy atom. The number of rotatable bonds is 30. The van der Waals surface area contributed by atoms with E-state index in [4.69, 9.17) is 14.2 Å². The molecule has 0 N–H and O–H groups in total. The van der Waals surface area contributed by atoms with Gasteiger partial charge in [-0.15, -0.1) is 0 Å². The summed E-state index contributed by atoms with van der Waals surface area (Å²) in [6, 6.07) is 0. The highest BCUT2D eigenvalue weighted by atomic mass is 16.5. The first kappa shape index (κ1) is 42.5. The van der Waals surface area contributed by atoms with Crippen LogP contribution in [0.5, 0.6) is 0 Å². The third kappa shape index (κ3) is 20.1. The van der Waals surface area contributed by atoms with E-state index in [9.17, 15) is 14.4 Å². The quantitative estimate of drug-likeness (QED) is 0.0425. The molecule has 0 spiro atoms. The van der Waals surface area contributed by atoms with E-state index in [1.54, 1.807) is 0 Å². The highest BCUT2D eigenvalue weighted by Gasteiger charge is 2.41. The summed E-state index contributed by atoms with van der Waals surface area (Å²) in [5.41, 5.74) is 0.236. The molecule has 0 aliphatic heterocycles. The van der Waals surface area contributed by atoms with Crippen molar-refractivity contribution in [3.05, 3.63) is 0 Å². The van der Waals surface area contributed by atoms with Crippen molar-refractivity contribution in [2.45, 2.75) is 193 Å². The van der Waals surface area contributed by atoms with Crippen LogP contribution in [0.1, 0.15) is 187 Å². The SMILES string of the molecule is CCCCCC(CCCCC)CCOC(=O)CCCCCCCC(CCCC(=O)OCC12CCC(CC1)CC2)OC(=O)CCCN(C)C. The van der Waals surface area contributed by atoms with Gasteiger partial charge in [0.05, 0.1) is 13.2 Å². The molecular weight excluding hydrogens is 602 g/mol. The van der Waals surface area contributed by atoms with Gasteiger partial charge in [-0.2, -0.15) is 0 Å². The van der Waals surface area contributed by atoms with Crippen LogP contribution in [0.25, 0.3) is 0 Å². The molecule has 0 radical (unpaired) electrons. The number of ether oxygens (including phenoxy) is 3. The lowest BCUT2D eigenvalue weighted by molar-refractivity contribution is -0.151. The van der Waals surface area contributed by atoms with Crippen molar-refractivity contribution in [3.63, 3.8) is 0 Å². The van der Waals surface area contributed by atoms with E-state index in [0.717, 1.165) is 63.8 Å². The Hall–Kier alpha value is -1.63. The summed E-state index contributed by atoms with van der Waals surface area (Å²) in [6.45, 7) is 6.51. The summed E-state index contributed by atoms with van der Waals surface area (Å²) in [5.74, 6) is 1.30. The Kier molecular flexibility index (Phi) is 23.2. The molecule has 3 aliphatic carbocycles. The van der Waals surface area contributed by atoms with Crippen LogP contribution in [-0.4, -0.2) is 62.8 Å². The van der Waals surface area contributed by atoms with Gasteiger partial charge in [-0.25, -0.2) is 0 Å². The van der Waals surface area contributed by atoms with Gasteiger partial charge in [0.2, 0.25) is 0 Å². The summed E-state index contributed by atoms with van der Waals surface area (Å²) in [6.07, 6.45) is 27.8. The molecule has 0 aromatic rings. The fraction of sp³-hybridized carbons (Fsp3) is 0.927. The predicted octanol–water partition coefficient (Wildman–Crippen LogP) is 10.4. The average Bonchev–Trinajstić information content (AvgIpc) is 3.07. The molecule has 1 atom stereocenters. The molecule has 3 fully saturated rings. The first-order valence-electron chi connectivity index (χ1n) is 20.4. The summed E-state index contributed by atoms with van der Waals surface area (Å²) >= 11 is 0. The third-order valence-electron chi connectivity index (χ3n) is 11.1. The van der Waals surface area contributed by atoms with Gasteiger partial charge in [-0.3, -0.25) is 14.4 Å². The Morgan fingerprint density at radius 2 is 1.17 bits per heavy atom. The Morgan fingerprint density at radius 1 is 0.625 bits per heavy atom. The molecule has 7 nitrogen and oxygen atoms in total. The van der Waals surface area contributed by atoms with Gasteiger partial charge in [0, 0.05) is 24.7 Å². The molecule has 280 valence electrons. The first-order valence-corrected chi connectivity index (χ1v) is 20.4. The minimum absolute atomic E-state index is 0.0543. The van der Waals surface area contributed by atoms with E-state index in [-0.39, 0.29) is 29.4 Å². The average molecular weight is 678 g/mol. The van der Waals surface area contributed by atoms with Crippen molar-refractivity contribution < 1.29 is 28.6 Å². The number of fused-ring (bicyclic) bond motifs is 3. The number of esters is 3. The largest absolute Gasteiger partial charge is 0.466 e. The number of hydrogen-bond acceptors (Lipinski definition) is 7. The van der Waals surface area contributed by atoms with Crippen molar-refractivity contribution in [2.75, 3.05) is 33.9 Å². The topological polar surface area (TPSA) is 82.1 Å². The standard InChI is InChI=1S/C41H75NO6/c1-5-7-12-18-35(19-13-8-6-2)28-33-46-38(43)22-15-11-9-10-14-20-37(48-40(45)24-17-32-42(3)4)21-16-23-39(44)47-34-41-29-25-36(26-30-41)27-31-41/h35-37H,5-34H2,1-4H3. The van der Waals surface area contributed by atoms with Crippen LogP contribution < -0.4 is 0 Å². The van der Waals surface area contributed by atoms with Crippen LogP contribution in [0.2, 0.25) is 0 Å². The second-order valence-electron chi connectivity index (χ2n) is 15.7. The number of hydrogen-bond donors (Lipinski definition) is 0. The maximum absolute atomic E-state index is 12.6. The molecule has 0 aromatic heterocycles. The lowest BCUT2D eigenvalue weighted by atomic mass is 9.61. The molecule has 3 saturated carbocycles. The molecule has 0 aromatic carbocycles. The second kappa shape index (κ2) is 26.2. The van der Waals surface area contributed by atoms with E-state index >= 15 is 0 Å². The Balaban J connectivity index is 1.61. The monoisotopic (exact) mass is 678 g/mol. The van der Waals surface area contributed by atoms with E-state index in [0.29, 0.717) is 51.2 Å². The van der Waals surface area contributed by atoms with Crippen LogP contribution >= 0.6 is 0 Å². The number of carbonyl (C=O) groups excluding carboxylic acids is 3. The summed E-state index contributed by atoms with van der Waals surface area (Å²) in [4.78, 5) is 39.6. The zero-order valence-electron chi connectivity index (χ0n) is 31.8. The minimum Gasteiger partial charge on any atom is -0.466 e. The van der Waals surface area contributed by atoms with Crippen molar-refractivity contribution in [2.24, 2.45) is 17.3 Å².